The number of esters is 1. The van der Waals surface area contributed by atoms with E-state index in [1.54, 1.807) is 9.34 Å². The Hall–Kier alpha value is -0.620. The first-order valence-electron chi connectivity index (χ1n) is 7.57. The lowest BCUT2D eigenvalue weighted by Gasteiger charge is -2.33. The van der Waals surface area contributed by atoms with Crippen LogP contribution in [0.1, 0.15) is 5.56 Å². The van der Waals surface area contributed by atoms with Crippen molar-refractivity contribution in [3.63, 3.8) is 0 Å². The minimum Gasteiger partial charge on any atom is -0.468 e. The fraction of sp³-hybridized carbons (Fsp3) is 0.533. The van der Waals surface area contributed by atoms with Crippen LogP contribution in [-0.4, -0.2) is 59.9 Å². The van der Waals surface area contributed by atoms with Crippen molar-refractivity contribution in [3.05, 3.63) is 35.9 Å². The van der Waals surface area contributed by atoms with E-state index >= 15 is 0 Å². The van der Waals surface area contributed by atoms with Crippen molar-refractivity contribution in [2.75, 3.05) is 38.6 Å². The zero-order chi connectivity index (χ0) is 17.6. The molecule has 1 aliphatic heterocycles. The molecule has 134 valence electrons. The van der Waals surface area contributed by atoms with Crippen molar-refractivity contribution in [1.29, 1.82) is 0 Å². The predicted molar refractivity (Wildman–Crippen MR) is 94.4 cm³/mol. The van der Waals surface area contributed by atoms with Crippen molar-refractivity contribution in [1.82, 2.24) is 9.34 Å². The summed E-state index contributed by atoms with van der Waals surface area (Å²) < 4.78 is 27.2. The lowest BCUT2D eigenvalue weighted by atomic mass is 10.2. The smallest absolute Gasteiger partial charge is 0.347 e. The Labute approximate surface area is 152 Å². The molecule has 0 amide bonds. The molecule has 0 unspecified atom stereocenters. The maximum Gasteiger partial charge on any atom is 0.347 e. The fourth-order valence-electron chi connectivity index (χ4n) is 2.60. The molecular weight excluding hydrogens is 374 g/mol. The van der Waals surface area contributed by atoms with Gasteiger partial charge in [-0.2, -0.15) is 4.67 Å². The van der Waals surface area contributed by atoms with Gasteiger partial charge in [-0.05, 0) is 5.56 Å². The zero-order valence-electron chi connectivity index (χ0n) is 13.4. The minimum absolute atomic E-state index is 0.0118. The van der Waals surface area contributed by atoms with Crippen LogP contribution in [0.5, 0.6) is 0 Å². The number of hydrogen-bond donors (Lipinski definition) is 0. The molecule has 2 rings (SSSR count). The number of carbonyl (C=O) groups excluding carboxylic acids is 1. The second-order valence-corrected chi connectivity index (χ2v) is 8.31. The number of ether oxygens (including phenoxy) is 1. The van der Waals surface area contributed by atoms with Gasteiger partial charge in [0.2, 0.25) is 0 Å². The molecule has 0 spiro atoms. The number of hydrogen-bond acceptors (Lipinski definition) is 4. The molecule has 0 saturated carbocycles. The van der Waals surface area contributed by atoms with Crippen molar-refractivity contribution in [3.8, 4) is 0 Å². The van der Waals surface area contributed by atoms with Crippen molar-refractivity contribution >= 4 is 36.8 Å². The third-order valence-electron chi connectivity index (χ3n) is 3.79. The lowest BCUT2D eigenvalue weighted by Crippen LogP contribution is -2.40. The van der Waals surface area contributed by atoms with Gasteiger partial charge in [-0.3, -0.25) is 9.36 Å². The lowest BCUT2D eigenvalue weighted by molar-refractivity contribution is -0.145. The van der Waals surface area contributed by atoms with Crippen molar-refractivity contribution < 1.29 is 18.6 Å². The van der Waals surface area contributed by atoms with Gasteiger partial charge in [0.25, 0.3) is 0 Å². The minimum atomic E-state index is -3.42. The van der Waals surface area contributed by atoms with Crippen LogP contribution in [-0.2, 0) is 25.2 Å². The first-order valence-corrected chi connectivity index (χ1v) is 10.2. The maximum absolute atomic E-state index is 13.6. The second kappa shape index (κ2) is 9.18. The molecule has 0 aromatic heterocycles. The van der Waals surface area contributed by atoms with Crippen LogP contribution in [0.3, 0.4) is 0 Å². The van der Waals surface area contributed by atoms with E-state index in [-0.39, 0.29) is 18.4 Å². The molecule has 2 atom stereocenters. The molecule has 1 fully saturated rings. The Morgan fingerprint density at radius 1 is 1.33 bits per heavy atom. The normalized spacial score (nSPS) is 24.4. The number of benzene rings is 1. The summed E-state index contributed by atoms with van der Waals surface area (Å²) >= 11 is 11.7. The Kier molecular flexibility index (Phi) is 7.54. The van der Waals surface area contributed by atoms with Crippen LogP contribution in [0.2, 0.25) is 0 Å². The number of rotatable bonds is 8. The summed E-state index contributed by atoms with van der Waals surface area (Å²) in [7, 11) is -2.11. The maximum atomic E-state index is 13.6. The highest BCUT2D eigenvalue weighted by molar-refractivity contribution is 7.54. The molecule has 0 bridgehead atoms. The van der Waals surface area contributed by atoms with E-state index in [2.05, 4.69) is 0 Å². The molecule has 24 heavy (non-hydrogen) atoms. The third kappa shape index (κ3) is 4.31. The van der Waals surface area contributed by atoms with Gasteiger partial charge in [-0.1, -0.05) is 30.3 Å². The Balaban J connectivity index is 2.33. The molecule has 1 aliphatic rings. The summed E-state index contributed by atoms with van der Waals surface area (Å²) in [5.74, 6) is 0.0962. The van der Waals surface area contributed by atoms with Gasteiger partial charge in [0.05, 0.1) is 13.7 Å². The summed E-state index contributed by atoms with van der Waals surface area (Å²) in [6, 6.07) is 8.76. The van der Waals surface area contributed by atoms with Crippen LogP contribution in [0.4, 0.5) is 0 Å². The van der Waals surface area contributed by atoms with Crippen molar-refractivity contribution in [2.24, 2.45) is 0 Å². The van der Waals surface area contributed by atoms with Gasteiger partial charge < -0.3 is 9.26 Å². The van der Waals surface area contributed by atoms with E-state index in [4.69, 9.17) is 32.5 Å². The summed E-state index contributed by atoms with van der Waals surface area (Å²) in [5.41, 5.74) is 0.925. The molecular formula is C15H21Cl2N2O4P. The highest BCUT2D eigenvalue weighted by Gasteiger charge is 2.51. The van der Waals surface area contributed by atoms with Gasteiger partial charge in [-0.25, -0.2) is 4.67 Å². The molecule has 1 aromatic carbocycles. The molecule has 9 heteroatoms. The van der Waals surface area contributed by atoms with Gasteiger partial charge in [0.1, 0.15) is 6.04 Å². The van der Waals surface area contributed by atoms with Crippen LogP contribution >= 0.6 is 30.9 Å². The average Bonchev–Trinajstić information content (AvgIpc) is 2.93. The van der Waals surface area contributed by atoms with Crippen molar-refractivity contribution in [2.45, 2.75) is 12.6 Å². The van der Waals surface area contributed by atoms with Crippen LogP contribution in [0, 0.1) is 0 Å². The van der Waals surface area contributed by atoms with E-state index in [0.717, 1.165) is 5.56 Å². The molecule has 6 nitrogen and oxygen atoms in total. The molecule has 0 radical (unpaired) electrons. The highest BCUT2D eigenvalue weighted by atomic mass is 35.5. The summed E-state index contributed by atoms with van der Waals surface area (Å²) in [6.45, 7) is 1.02. The Morgan fingerprint density at radius 3 is 2.50 bits per heavy atom. The molecule has 0 N–H and O–H groups in total. The molecule has 1 heterocycles. The van der Waals surface area contributed by atoms with E-state index in [1.165, 1.54) is 7.11 Å². The predicted octanol–water partition coefficient (Wildman–Crippen LogP) is 2.95. The van der Waals surface area contributed by atoms with Crippen LogP contribution in [0.25, 0.3) is 0 Å². The van der Waals surface area contributed by atoms with E-state index in [9.17, 15) is 9.36 Å². The molecule has 1 saturated heterocycles. The quantitative estimate of drug-likeness (QED) is 0.383. The Bertz CT molecular complexity index is 584. The van der Waals surface area contributed by atoms with E-state index in [0.29, 0.717) is 19.6 Å². The Morgan fingerprint density at radius 2 is 1.96 bits per heavy atom. The second-order valence-electron chi connectivity index (χ2n) is 5.24. The average molecular weight is 395 g/mol. The largest absolute Gasteiger partial charge is 0.468 e. The van der Waals surface area contributed by atoms with Gasteiger partial charge in [-0.15, -0.1) is 23.2 Å². The topological polar surface area (TPSA) is 59.1 Å². The van der Waals surface area contributed by atoms with E-state index < -0.39 is 19.7 Å². The zero-order valence-corrected chi connectivity index (χ0v) is 15.8. The number of methoxy groups -OCH3 is 1. The first kappa shape index (κ1) is 19.7. The fourth-order valence-corrected chi connectivity index (χ4v) is 5.78. The molecule has 0 aliphatic carbocycles. The molecule has 1 aromatic rings. The highest BCUT2D eigenvalue weighted by Crippen LogP contribution is 2.60. The van der Waals surface area contributed by atoms with Gasteiger partial charge >= 0.3 is 13.6 Å². The van der Waals surface area contributed by atoms with Gasteiger partial charge in [0, 0.05) is 31.4 Å². The van der Waals surface area contributed by atoms with E-state index in [1.807, 2.05) is 30.3 Å². The van der Waals surface area contributed by atoms with Crippen LogP contribution < -0.4 is 0 Å². The van der Waals surface area contributed by atoms with Gasteiger partial charge in [0.15, 0.2) is 0 Å². The number of halogens is 2. The first-order chi connectivity index (χ1) is 11.6. The summed E-state index contributed by atoms with van der Waals surface area (Å²) in [6.07, 6.45) is 0. The third-order valence-corrected chi connectivity index (χ3v) is 6.80. The summed E-state index contributed by atoms with van der Waals surface area (Å²) in [4.78, 5) is 12.1. The number of alkyl halides is 2. The standard InChI is InChI=1S/C15H21Cl2N2O4P/c1-22-15(20)14-12-23-24(21,18(9-7-16)10-8-17)19(14)11-13-5-3-2-4-6-13/h2-6,14H,7-12H2,1H3/t14-,24-/m0/s1. The number of nitrogens with zero attached hydrogens (tertiary/aromatic N) is 2. The van der Waals surface area contributed by atoms with Crippen LogP contribution in [0.15, 0.2) is 30.3 Å². The number of carbonyl (C=O) groups is 1. The summed E-state index contributed by atoms with van der Waals surface area (Å²) in [5, 5.41) is 0. The SMILES string of the molecule is COC(=O)[C@@H]1CO[P@@](=O)(N(CCCl)CCCl)N1Cc1ccccc1. The monoisotopic (exact) mass is 394 g/mol.